The summed E-state index contributed by atoms with van der Waals surface area (Å²) in [6.07, 6.45) is 0. The van der Waals surface area contributed by atoms with Crippen LogP contribution in [0.2, 0.25) is 0 Å². The third-order valence-electron chi connectivity index (χ3n) is 2.86. The van der Waals surface area contributed by atoms with Crippen LogP contribution in [0.25, 0.3) is 10.9 Å². The highest BCUT2D eigenvalue weighted by molar-refractivity contribution is 5.98. The Morgan fingerprint density at radius 1 is 1.38 bits per heavy atom. The lowest BCUT2D eigenvalue weighted by Gasteiger charge is -2.04. The number of H-pyrrole nitrogens is 1. The van der Waals surface area contributed by atoms with Crippen molar-refractivity contribution in [3.63, 3.8) is 0 Å². The Morgan fingerprint density at radius 2 is 2.06 bits per heavy atom. The lowest BCUT2D eigenvalue weighted by Crippen LogP contribution is -2.00. The third kappa shape index (κ3) is 1.43. The van der Waals surface area contributed by atoms with E-state index in [0.717, 1.165) is 22.2 Å². The summed E-state index contributed by atoms with van der Waals surface area (Å²) in [7, 11) is 1.47. The van der Waals surface area contributed by atoms with E-state index in [1.165, 1.54) is 7.11 Å². The van der Waals surface area contributed by atoms with Gasteiger partial charge in [0.1, 0.15) is 11.3 Å². The third-order valence-corrected chi connectivity index (χ3v) is 2.86. The molecule has 1 aromatic heterocycles. The molecule has 0 fully saturated rings. The second kappa shape index (κ2) is 3.56. The van der Waals surface area contributed by atoms with Gasteiger partial charge >= 0.3 is 5.97 Å². The van der Waals surface area contributed by atoms with Crippen LogP contribution in [0, 0.1) is 13.8 Å². The zero-order chi connectivity index (χ0) is 11.9. The summed E-state index contributed by atoms with van der Waals surface area (Å²) in [6, 6.07) is 3.37. The van der Waals surface area contributed by atoms with Crippen molar-refractivity contribution in [3.05, 3.63) is 29.0 Å². The molecule has 0 saturated carbocycles. The first-order chi connectivity index (χ1) is 7.54. The minimum atomic E-state index is -0.975. The Bertz CT molecular complexity index is 569. The molecular formula is C12H13NO3. The molecule has 1 aromatic carbocycles. The molecule has 16 heavy (non-hydrogen) atoms. The fourth-order valence-electron chi connectivity index (χ4n) is 1.83. The van der Waals surface area contributed by atoms with Gasteiger partial charge in [-0.2, -0.15) is 0 Å². The Hall–Kier alpha value is -1.97. The second-order valence-electron chi connectivity index (χ2n) is 3.78. The monoisotopic (exact) mass is 219 g/mol. The number of methoxy groups -OCH3 is 1. The Labute approximate surface area is 92.9 Å². The zero-order valence-corrected chi connectivity index (χ0v) is 9.42. The molecule has 0 bridgehead atoms. The van der Waals surface area contributed by atoms with Crippen LogP contribution >= 0.6 is 0 Å². The van der Waals surface area contributed by atoms with Gasteiger partial charge in [-0.25, -0.2) is 4.79 Å². The summed E-state index contributed by atoms with van der Waals surface area (Å²) >= 11 is 0. The number of aromatic nitrogens is 1. The van der Waals surface area contributed by atoms with E-state index in [1.807, 2.05) is 13.8 Å². The predicted molar refractivity (Wildman–Crippen MR) is 61.3 cm³/mol. The Kier molecular flexibility index (Phi) is 2.34. The number of aryl methyl sites for hydroxylation is 2. The summed E-state index contributed by atoms with van der Waals surface area (Å²) in [5.41, 5.74) is 3.20. The predicted octanol–water partition coefficient (Wildman–Crippen LogP) is 2.49. The number of nitrogens with one attached hydrogen (secondary N) is 1. The number of aromatic amines is 1. The summed E-state index contributed by atoms with van der Waals surface area (Å²) < 4.78 is 5.06. The van der Waals surface area contributed by atoms with E-state index in [0.29, 0.717) is 5.75 Å². The van der Waals surface area contributed by atoms with Crippen molar-refractivity contribution in [1.82, 2.24) is 4.98 Å². The molecule has 0 aliphatic carbocycles. The molecule has 2 aromatic rings. The van der Waals surface area contributed by atoms with Crippen molar-refractivity contribution in [2.24, 2.45) is 0 Å². The number of carboxylic acid groups (broad SMARTS) is 1. The van der Waals surface area contributed by atoms with E-state index in [1.54, 1.807) is 12.1 Å². The van der Waals surface area contributed by atoms with E-state index in [4.69, 9.17) is 9.84 Å². The van der Waals surface area contributed by atoms with Gasteiger partial charge in [-0.3, -0.25) is 0 Å². The quantitative estimate of drug-likeness (QED) is 0.815. The van der Waals surface area contributed by atoms with Crippen LogP contribution in [-0.2, 0) is 0 Å². The molecule has 0 spiro atoms. The van der Waals surface area contributed by atoms with Gasteiger partial charge in [0.05, 0.1) is 7.11 Å². The number of carboxylic acids is 1. The molecule has 0 atom stereocenters. The molecule has 4 heteroatoms. The molecule has 1 heterocycles. The van der Waals surface area contributed by atoms with Gasteiger partial charge in [0, 0.05) is 22.7 Å². The molecule has 0 unspecified atom stereocenters. The molecule has 0 aliphatic heterocycles. The number of aromatic carboxylic acids is 1. The van der Waals surface area contributed by atoms with E-state index in [2.05, 4.69) is 4.98 Å². The highest BCUT2D eigenvalue weighted by atomic mass is 16.5. The molecule has 0 radical (unpaired) electrons. The topological polar surface area (TPSA) is 62.3 Å². The van der Waals surface area contributed by atoms with Crippen molar-refractivity contribution in [1.29, 1.82) is 0 Å². The number of rotatable bonds is 2. The van der Waals surface area contributed by atoms with Crippen molar-refractivity contribution < 1.29 is 14.6 Å². The second-order valence-corrected chi connectivity index (χ2v) is 3.78. The maximum Gasteiger partial charge on any atom is 0.339 e. The maximum absolute atomic E-state index is 11.1. The Balaban J connectivity index is 2.80. The van der Waals surface area contributed by atoms with Crippen LogP contribution < -0.4 is 4.74 Å². The first-order valence-electron chi connectivity index (χ1n) is 4.94. The van der Waals surface area contributed by atoms with E-state index >= 15 is 0 Å². The van der Waals surface area contributed by atoms with Gasteiger partial charge in [0.2, 0.25) is 0 Å². The smallest absolute Gasteiger partial charge is 0.339 e. The number of benzene rings is 1. The lowest BCUT2D eigenvalue weighted by molar-refractivity contribution is 0.0693. The highest BCUT2D eigenvalue weighted by Gasteiger charge is 2.14. The highest BCUT2D eigenvalue weighted by Crippen LogP contribution is 2.29. The molecule has 0 saturated heterocycles. The lowest BCUT2D eigenvalue weighted by atomic mass is 10.1. The number of carbonyl (C=O) groups is 1. The average Bonchev–Trinajstić information content (AvgIpc) is 2.53. The minimum absolute atomic E-state index is 0.192. The fourth-order valence-corrected chi connectivity index (χ4v) is 1.83. The van der Waals surface area contributed by atoms with Crippen molar-refractivity contribution in [2.45, 2.75) is 13.8 Å². The normalized spacial score (nSPS) is 10.7. The molecule has 2 N–H and O–H groups in total. The van der Waals surface area contributed by atoms with Gasteiger partial charge in [-0.15, -0.1) is 0 Å². The van der Waals surface area contributed by atoms with Crippen LogP contribution in [0.3, 0.4) is 0 Å². The van der Waals surface area contributed by atoms with Crippen LogP contribution in [-0.4, -0.2) is 23.2 Å². The molecule has 4 nitrogen and oxygen atoms in total. The minimum Gasteiger partial charge on any atom is -0.496 e. The van der Waals surface area contributed by atoms with E-state index in [-0.39, 0.29) is 5.56 Å². The summed E-state index contributed by atoms with van der Waals surface area (Å²) in [4.78, 5) is 14.2. The van der Waals surface area contributed by atoms with Gasteiger partial charge < -0.3 is 14.8 Å². The van der Waals surface area contributed by atoms with Gasteiger partial charge in [0.15, 0.2) is 0 Å². The van der Waals surface area contributed by atoms with E-state index in [9.17, 15) is 4.79 Å². The summed E-state index contributed by atoms with van der Waals surface area (Å²) in [6.45, 7) is 3.93. The van der Waals surface area contributed by atoms with Crippen molar-refractivity contribution in [3.8, 4) is 5.75 Å². The molecule has 84 valence electrons. The van der Waals surface area contributed by atoms with Gasteiger partial charge in [-0.1, -0.05) is 0 Å². The van der Waals surface area contributed by atoms with Crippen molar-refractivity contribution in [2.75, 3.05) is 7.11 Å². The summed E-state index contributed by atoms with van der Waals surface area (Å²) in [5.74, 6) is -0.599. The summed E-state index contributed by atoms with van der Waals surface area (Å²) in [5, 5.41) is 9.99. The SMILES string of the molecule is COc1cc2[nH]c(C)c(C)c2cc1C(=O)O. The number of hydrogen-bond acceptors (Lipinski definition) is 2. The average molecular weight is 219 g/mol. The van der Waals surface area contributed by atoms with Crippen LogP contribution in [0.1, 0.15) is 21.6 Å². The molecule has 0 aliphatic rings. The largest absolute Gasteiger partial charge is 0.496 e. The first-order valence-corrected chi connectivity index (χ1v) is 4.94. The first kappa shape index (κ1) is 10.5. The number of ether oxygens (including phenoxy) is 1. The maximum atomic E-state index is 11.1. The number of fused-ring (bicyclic) bond motifs is 1. The molecular weight excluding hydrogens is 206 g/mol. The van der Waals surface area contributed by atoms with Gasteiger partial charge in [0.25, 0.3) is 0 Å². The van der Waals surface area contributed by atoms with Crippen LogP contribution in [0.5, 0.6) is 5.75 Å². The van der Waals surface area contributed by atoms with Crippen LogP contribution in [0.15, 0.2) is 12.1 Å². The van der Waals surface area contributed by atoms with E-state index < -0.39 is 5.97 Å². The Morgan fingerprint density at radius 3 is 2.62 bits per heavy atom. The van der Waals surface area contributed by atoms with Gasteiger partial charge in [-0.05, 0) is 25.5 Å². The zero-order valence-electron chi connectivity index (χ0n) is 9.42. The standard InChI is InChI=1S/C12H13NO3/c1-6-7(2)13-10-5-11(16-3)9(12(14)15)4-8(6)10/h4-5,13H,1-3H3,(H,14,15). The molecule has 2 rings (SSSR count). The van der Waals surface area contributed by atoms with Crippen LogP contribution in [0.4, 0.5) is 0 Å². The molecule has 0 amide bonds. The van der Waals surface area contributed by atoms with Crippen molar-refractivity contribution >= 4 is 16.9 Å². The fraction of sp³-hybridized carbons (Fsp3) is 0.250. The number of hydrogen-bond donors (Lipinski definition) is 2.